The van der Waals surface area contributed by atoms with Crippen LogP contribution in [0.1, 0.15) is 21.6 Å². The number of ether oxygens (including phenoxy) is 2. The molecule has 21 heavy (non-hydrogen) atoms. The van der Waals surface area contributed by atoms with Crippen LogP contribution in [0.15, 0.2) is 6.20 Å². The molecule has 0 aliphatic rings. The van der Waals surface area contributed by atoms with Crippen molar-refractivity contribution < 1.29 is 40.6 Å². The largest absolute Gasteiger partial charge is 0.573 e. The summed E-state index contributed by atoms with van der Waals surface area (Å²) in [6, 6.07) is 0. The van der Waals surface area contributed by atoms with Gasteiger partial charge >= 0.3 is 18.5 Å². The number of carbonyl (C=O) groups is 1. The molecule has 4 nitrogen and oxygen atoms in total. The first-order chi connectivity index (χ1) is 9.51. The van der Waals surface area contributed by atoms with Crippen LogP contribution in [-0.2, 0) is 16.2 Å². The van der Waals surface area contributed by atoms with Gasteiger partial charge in [0.25, 0.3) is 0 Å². The number of methoxy groups -OCH3 is 1. The molecule has 0 fully saturated rings. The molecule has 0 amide bonds. The summed E-state index contributed by atoms with van der Waals surface area (Å²) in [5.74, 6) is -3.07. The lowest BCUT2D eigenvalue weighted by atomic mass is 10.1. The molecule has 0 saturated heterocycles. The van der Waals surface area contributed by atoms with E-state index in [-0.39, 0.29) is 0 Å². The van der Waals surface area contributed by atoms with E-state index in [9.17, 15) is 31.1 Å². The van der Waals surface area contributed by atoms with Crippen molar-refractivity contribution in [1.82, 2.24) is 4.98 Å². The van der Waals surface area contributed by atoms with Crippen molar-refractivity contribution in [3.63, 3.8) is 0 Å². The lowest BCUT2D eigenvalue weighted by Gasteiger charge is -2.19. The Morgan fingerprint density at radius 2 is 1.86 bits per heavy atom. The van der Waals surface area contributed by atoms with Gasteiger partial charge < -0.3 is 9.47 Å². The zero-order chi connectivity index (χ0) is 16.4. The monoisotopic (exact) mass is 381 g/mol. The molecular formula is C10H6BrF6NO3. The van der Waals surface area contributed by atoms with Gasteiger partial charge in [-0.3, -0.25) is 4.98 Å². The second kappa shape index (κ2) is 6.08. The van der Waals surface area contributed by atoms with Crippen molar-refractivity contribution in [2.45, 2.75) is 17.9 Å². The van der Waals surface area contributed by atoms with E-state index in [4.69, 9.17) is 0 Å². The first kappa shape index (κ1) is 17.5. The van der Waals surface area contributed by atoms with Gasteiger partial charge in [0, 0.05) is 11.5 Å². The average Bonchev–Trinajstić information content (AvgIpc) is 2.33. The molecule has 1 aromatic heterocycles. The van der Waals surface area contributed by atoms with Gasteiger partial charge in [-0.2, -0.15) is 13.2 Å². The van der Waals surface area contributed by atoms with E-state index < -0.39 is 46.4 Å². The van der Waals surface area contributed by atoms with Gasteiger partial charge in [-0.1, -0.05) is 15.9 Å². The summed E-state index contributed by atoms with van der Waals surface area (Å²) in [6.07, 6.45) is -10.2. The van der Waals surface area contributed by atoms with Crippen molar-refractivity contribution in [2.75, 3.05) is 7.11 Å². The molecule has 0 saturated carbocycles. The maximum Gasteiger partial charge on any atom is 0.573 e. The van der Waals surface area contributed by atoms with Crippen molar-refractivity contribution in [3.8, 4) is 5.75 Å². The van der Waals surface area contributed by atoms with Gasteiger partial charge in [0.2, 0.25) is 0 Å². The lowest BCUT2D eigenvalue weighted by Crippen LogP contribution is -2.24. The third kappa shape index (κ3) is 4.22. The number of halogens is 7. The zero-order valence-electron chi connectivity index (χ0n) is 10.1. The van der Waals surface area contributed by atoms with E-state index in [1.165, 1.54) is 0 Å². The van der Waals surface area contributed by atoms with Crippen LogP contribution in [0.2, 0.25) is 0 Å². The number of nitrogens with zero attached hydrogens (tertiary/aromatic N) is 1. The van der Waals surface area contributed by atoms with E-state index in [2.05, 4.69) is 30.4 Å². The van der Waals surface area contributed by atoms with Crippen LogP contribution in [0.5, 0.6) is 5.75 Å². The second-order valence-electron chi connectivity index (χ2n) is 3.49. The molecule has 1 rings (SSSR count). The standard InChI is InChI=1S/C10H6BrF6NO3/c1-20-8(19)4-3-18-5(2-11)7(21-10(15,16)17)6(4)9(12,13)14/h3H,2H2,1H3. The fourth-order valence-electron chi connectivity index (χ4n) is 1.40. The van der Waals surface area contributed by atoms with E-state index in [0.29, 0.717) is 6.20 Å². The maximum atomic E-state index is 13.0. The SMILES string of the molecule is COC(=O)c1cnc(CBr)c(OC(F)(F)F)c1C(F)(F)F. The molecule has 0 bridgehead atoms. The highest BCUT2D eigenvalue weighted by Gasteiger charge is 2.44. The summed E-state index contributed by atoms with van der Waals surface area (Å²) >= 11 is 2.70. The Bertz CT molecular complexity index is 543. The number of carbonyl (C=O) groups excluding carboxylic acids is 1. The van der Waals surface area contributed by atoms with Crippen molar-refractivity contribution in [1.29, 1.82) is 0 Å². The number of hydrogen-bond donors (Lipinski definition) is 0. The van der Waals surface area contributed by atoms with Crippen molar-refractivity contribution >= 4 is 21.9 Å². The average molecular weight is 382 g/mol. The van der Waals surface area contributed by atoms with Gasteiger partial charge in [-0.05, 0) is 0 Å². The van der Waals surface area contributed by atoms with Gasteiger partial charge in [-0.15, -0.1) is 13.2 Å². The molecule has 0 atom stereocenters. The van der Waals surface area contributed by atoms with Gasteiger partial charge in [0.1, 0.15) is 5.56 Å². The number of pyridine rings is 1. The predicted octanol–water partition coefficient (Wildman–Crippen LogP) is 3.68. The fourth-order valence-corrected chi connectivity index (χ4v) is 1.80. The van der Waals surface area contributed by atoms with E-state index in [1.807, 2.05) is 0 Å². The number of aromatic nitrogens is 1. The highest BCUT2D eigenvalue weighted by Crippen LogP contribution is 2.42. The van der Waals surface area contributed by atoms with Crippen LogP contribution < -0.4 is 4.74 Å². The molecule has 0 unspecified atom stereocenters. The van der Waals surface area contributed by atoms with E-state index >= 15 is 0 Å². The third-order valence-electron chi connectivity index (χ3n) is 2.14. The van der Waals surface area contributed by atoms with Crippen LogP contribution >= 0.6 is 15.9 Å². The molecule has 0 radical (unpaired) electrons. The Labute approximate surface area is 122 Å². The third-order valence-corrected chi connectivity index (χ3v) is 2.67. The van der Waals surface area contributed by atoms with Crippen LogP contribution in [-0.4, -0.2) is 24.4 Å². The topological polar surface area (TPSA) is 48.4 Å². The summed E-state index contributed by atoms with van der Waals surface area (Å²) in [4.78, 5) is 14.6. The van der Waals surface area contributed by atoms with Crippen LogP contribution in [0.4, 0.5) is 26.3 Å². The minimum absolute atomic E-state index is 0.442. The summed E-state index contributed by atoms with van der Waals surface area (Å²) in [7, 11) is 0.783. The molecule has 1 heterocycles. The molecule has 118 valence electrons. The van der Waals surface area contributed by atoms with Crippen LogP contribution in [0.25, 0.3) is 0 Å². The lowest BCUT2D eigenvalue weighted by molar-refractivity contribution is -0.276. The van der Waals surface area contributed by atoms with Crippen LogP contribution in [0.3, 0.4) is 0 Å². The number of rotatable bonds is 3. The van der Waals surface area contributed by atoms with E-state index in [1.54, 1.807) is 0 Å². The first-order valence-corrected chi connectivity index (χ1v) is 6.12. The Kier molecular flexibility index (Phi) is 5.07. The summed E-state index contributed by atoms with van der Waals surface area (Å²) in [5.41, 5.74) is -3.72. The smallest absolute Gasteiger partial charge is 0.465 e. The molecule has 0 aliphatic heterocycles. The molecule has 0 aromatic carbocycles. The normalized spacial score (nSPS) is 12.2. The first-order valence-electron chi connectivity index (χ1n) is 5.00. The quantitative estimate of drug-likeness (QED) is 0.455. The number of hydrogen-bond acceptors (Lipinski definition) is 4. The second-order valence-corrected chi connectivity index (χ2v) is 4.05. The summed E-state index contributed by atoms with van der Waals surface area (Å²) in [5, 5.41) is -0.442. The highest BCUT2D eigenvalue weighted by molar-refractivity contribution is 9.08. The van der Waals surface area contributed by atoms with Crippen molar-refractivity contribution in [3.05, 3.63) is 23.0 Å². The van der Waals surface area contributed by atoms with E-state index in [0.717, 1.165) is 7.11 Å². The van der Waals surface area contributed by atoms with Crippen molar-refractivity contribution in [2.24, 2.45) is 0 Å². The highest BCUT2D eigenvalue weighted by atomic mass is 79.9. The zero-order valence-corrected chi connectivity index (χ0v) is 11.7. The fraction of sp³-hybridized carbons (Fsp3) is 0.400. The Hall–Kier alpha value is -1.52. The Morgan fingerprint density at radius 1 is 1.29 bits per heavy atom. The minimum atomic E-state index is -5.38. The molecule has 11 heteroatoms. The van der Waals surface area contributed by atoms with Gasteiger partial charge in [-0.25, -0.2) is 4.79 Å². The maximum absolute atomic E-state index is 13.0. The molecule has 1 aromatic rings. The van der Waals surface area contributed by atoms with Crippen LogP contribution in [0, 0.1) is 0 Å². The Morgan fingerprint density at radius 3 is 2.24 bits per heavy atom. The predicted molar refractivity (Wildman–Crippen MR) is 59.9 cm³/mol. The number of esters is 1. The molecule has 0 spiro atoms. The number of alkyl halides is 7. The molecule has 0 N–H and O–H groups in total. The summed E-state index contributed by atoms with van der Waals surface area (Å²) < 4.78 is 83.4. The Balaban J connectivity index is 3.66. The van der Waals surface area contributed by atoms with Gasteiger partial charge in [0.15, 0.2) is 5.75 Å². The minimum Gasteiger partial charge on any atom is -0.465 e. The molecular weight excluding hydrogens is 376 g/mol. The van der Waals surface area contributed by atoms with Gasteiger partial charge in [0.05, 0.1) is 18.4 Å². The molecule has 0 aliphatic carbocycles. The summed E-state index contributed by atoms with van der Waals surface area (Å²) in [6.45, 7) is 0.